The van der Waals surface area contributed by atoms with E-state index in [1.807, 2.05) is 97.1 Å². The number of allylic oxidation sites excluding steroid dienone is 1. The average molecular weight is 1340 g/mol. The lowest BCUT2D eigenvalue weighted by Gasteiger charge is -2.51. The number of benzene rings is 9. The van der Waals surface area contributed by atoms with E-state index in [1.54, 1.807) is 0 Å². The Hall–Kier alpha value is -7.29. The summed E-state index contributed by atoms with van der Waals surface area (Å²) in [5, 5.41) is 3.80. The Morgan fingerprint density at radius 1 is 0.330 bits per heavy atom. The first-order valence-electron chi connectivity index (χ1n) is 34.3. The highest BCUT2D eigenvalue weighted by Gasteiger charge is 2.58. The summed E-state index contributed by atoms with van der Waals surface area (Å²) < 4.78 is 83.3. The molecular formula is C84H96O11Si2. The van der Waals surface area contributed by atoms with E-state index >= 15 is 0 Å². The highest BCUT2D eigenvalue weighted by molar-refractivity contribution is 7.00. The van der Waals surface area contributed by atoms with Crippen LogP contribution in [0.4, 0.5) is 0 Å². The van der Waals surface area contributed by atoms with Crippen LogP contribution in [0.5, 0.6) is 0 Å². The fraction of sp³-hybridized carbons (Fsp3) is 0.333. The van der Waals surface area contributed by atoms with Gasteiger partial charge in [0.2, 0.25) is 0 Å². The maximum Gasteiger partial charge on any atom is 0.261 e. The quantitative estimate of drug-likeness (QED) is 0.0229. The van der Waals surface area contributed by atoms with Gasteiger partial charge in [0, 0.05) is 0 Å². The van der Waals surface area contributed by atoms with E-state index in [9.17, 15) is 0 Å². The van der Waals surface area contributed by atoms with Gasteiger partial charge in [0.15, 0.2) is 12.6 Å². The summed E-state index contributed by atoms with van der Waals surface area (Å²) in [6, 6.07) is 93.7. The van der Waals surface area contributed by atoms with Crippen molar-refractivity contribution in [3.63, 3.8) is 0 Å². The van der Waals surface area contributed by atoms with Gasteiger partial charge in [0.05, 0.1) is 52.9 Å². The second-order valence-electron chi connectivity index (χ2n) is 27.2. The highest BCUT2D eigenvalue weighted by atomic mass is 28.4. The second kappa shape index (κ2) is 34.5. The van der Waals surface area contributed by atoms with Gasteiger partial charge in [-0.3, -0.25) is 0 Å². The fourth-order valence-corrected chi connectivity index (χ4v) is 22.9. The monoisotopic (exact) mass is 1340 g/mol. The summed E-state index contributed by atoms with van der Waals surface area (Å²) >= 11 is 0. The Morgan fingerprint density at radius 2 is 0.598 bits per heavy atom. The van der Waals surface area contributed by atoms with E-state index in [4.69, 9.17) is 51.5 Å². The summed E-state index contributed by atoms with van der Waals surface area (Å²) in [5.41, 5.74) is 4.85. The van der Waals surface area contributed by atoms with Crippen molar-refractivity contribution in [1.29, 1.82) is 0 Å². The van der Waals surface area contributed by atoms with Gasteiger partial charge in [-0.1, -0.05) is 321 Å². The van der Waals surface area contributed by atoms with E-state index in [-0.39, 0.29) is 56.3 Å². The van der Waals surface area contributed by atoms with E-state index < -0.39 is 78.0 Å². The first kappa shape index (κ1) is 71.0. The molecule has 2 heterocycles. The van der Waals surface area contributed by atoms with Crippen LogP contribution in [-0.4, -0.2) is 97.9 Å². The molecule has 0 spiro atoms. The standard InChI is InChI=1S/C84H96O11Si2/c1-8-9-37-56-85-81-80(78(89-60-67-44-25-13-26-45-67)76(87-58-65-40-21-11-22-41-65)73(93-81)62-91-96(83(2,3)4,69-48-29-15-30-49-69)70-50-31-16-32-51-70)95-82-79(90-61-68-46-27-14-28-47-68)77(88-59-66-42-23-12-24-43-66)75(86-57-64-38-19-10-20-39-64)74(94-82)63-92-97(84(5,6)7,71-52-33-17-34-53-71)72-54-35-18-36-55-72/h8,10-36,38-55,73-82H,1,9,37,56-63H2,2-7H3. The summed E-state index contributed by atoms with van der Waals surface area (Å²) in [6.07, 6.45) is -5.91. The number of rotatable bonds is 32. The topological polar surface area (TPSA) is 102 Å². The Labute approximate surface area is 577 Å². The van der Waals surface area contributed by atoms with Crippen LogP contribution >= 0.6 is 0 Å². The third-order valence-electron chi connectivity index (χ3n) is 18.5. The summed E-state index contributed by atoms with van der Waals surface area (Å²) in [5.74, 6) is 0. The molecule has 11 nitrogen and oxygen atoms in total. The van der Waals surface area contributed by atoms with Crippen molar-refractivity contribution in [1.82, 2.24) is 0 Å². The molecule has 2 aliphatic rings. The zero-order valence-electron chi connectivity index (χ0n) is 57.1. The van der Waals surface area contributed by atoms with Crippen LogP contribution in [0.3, 0.4) is 0 Å². The molecule has 2 fully saturated rings. The molecule has 0 bridgehead atoms. The fourth-order valence-electron chi connectivity index (χ4n) is 13.7. The first-order chi connectivity index (χ1) is 47.3. The van der Waals surface area contributed by atoms with Gasteiger partial charge in [-0.25, -0.2) is 0 Å². The van der Waals surface area contributed by atoms with Crippen molar-refractivity contribution >= 4 is 37.4 Å². The van der Waals surface area contributed by atoms with Gasteiger partial charge in [0.25, 0.3) is 16.6 Å². The Balaban J connectivity index is 1.07. The lowest BCUT2D eigenvalue weighted by molar-refractivity contribution is -0.382. The zero-order chi connectivity index (χ0) is 67.3. The number of ether oxygens (including phenoxy) is 9. The minimum Gasteiger partial charge on any atom is -0.405 e. The molecule has 10 atom stereocenters. The maximum absolute atomic E-state index is 7.93. The van der Waals surface area contributed by atoms with Crippen LogP contribution in [0.1, 0.15) is 82.2 Å². The summed E-state index contributed by atoms with van der Waals surface area (Å²) in [4.78, 5) is 0. The molecule has 97 heavy (non-hydrogen) atoms. The smallest absolute Gasteiger partial charge is 0.261 e. The minimum absolute atomic E-state index is 0.0876. The van der Waals surface area contributed by atoms with E-state index in [0.717, 1.165) is 48.6 Å². The molecule has 0 aliphatic carbocycles. The average Bonchev–Trinajstić information content (AvgIpc) is 0.753. The molecule has 0 amide bonds. The predicted molar refractivity (Wildman–Crippen MR) is 390 cm³/mol. The van der Waals surface area contributed by atoms with Crippen LogP contribution in [0.15, 0.2) is 286 Å². The lowest BCUT2D eigenvalue weighted by atomic mass is 9.96. The van der Waals surface area contributed by atoms with Crippen molar-refractivity contribution in [2.75, 3.05) is 19.8 Å². The molecule has 9 aromatic carbocycles. The normalized spacial score (nSPS) is 21.6. The number of hydrogen-bond acceptors (Lipinski definition) is 11. The molecule has 2 aliphatic heterocycles. The van der Waals surface area contributed by atoms with Crippen molar-refractivity contribution < 1.29 is 51.5 Å². The molecule has 0 radical (unpaired) electrons. The SMILES string of the molecule is C=CCCCOC1OC(CO[Si](c2ccccc2)(c2ccccc2)C(C)(C)C)C(OCc2ccccc2)C(OCc2ccccc2)C1OC1OC(CO[Si](c2ccccc2)(c2ccccc2)C(C)(C)C)C(OCc2ccccc2)C(OCc2ccccc2)C1OCc1ccccc1. The Morgan fingerprint density at radius 3 is 0.897 bits per heavy atom. The van der Waals surface area contributed by atoms with Crippen molar-refractivity contribution in [2.45, 2.75) is 159 Å². The van der Waals surface area contributed by atoms with Crippen LogP contribution in [0.2, 0.25) is 10.1 Å². The van der Waals surface area contributed by atoms with Gasteiger partial charge in [-0.05, 0) is 71.5 Å². The van der Waals surface area contributed by atoms with Gasteiger partial charge in [0.1, 0.15) is 48.8 Å². The molecule has 9 aromatic rings. The van der Waals surface area contributed by atoms with Crippen LogP contribution < -0.4 is 20.7 Å². The number of unbranched alkanes of at least 4 members (excludes halogenated alkanes) is 1. The van der Waals surface area contributed by atoms with Crippen LogP contribution in [0.25, 0.3) is 0 Å². The summed E-state index contributed by atoms with van der Waals surface area (Å²) in [7, 11) is -6.43. The van der Waals surface area contributed by atoms with Crippen LogP contribution in [-0.2, 0) is 84.5 Å². The van der Waals surface area contributed by atoms with Crippen molar-refractivity contribution in [3.05, 3.63) is 313 Å². The van der Waals surface area contributed by atoms with Gasteiger partial charge in [-0.15, -0.1) is 6.58 Å². The second-order valence-corrected chi connectivity index (χ2v) is 35.9. The first-order valence-corrected chi connectivity index (χ1v) is 38.1. The summed E-state index contributed by atoms with van der Waals surface area (Å²) in [6.45, 7) is 19.4. The van der Waals surface area contributed by atoms with Gasteiger partial charge < -0.3 is 51.5 Å². The Bertz CT molecular complexity index is 3620. The van der Waals surface area contributed by atoms with E-state index in [0.29, 0.717) is 19.4 Å². The molecule has 0 N–H and O–H groups in total. The zero-order valence-corrected chi connectivity index (χ0v) is 59.1. The van der Waals surface area contributed by atoms with Crippen molar-refractivity contribution in [3.8, 4) is 0 Å². The third-order valence-corrected chi connectivity index (χ3v) is 28.5. The molecular weight excluding hydrogens is 1240 g/mol. The van der Waals surface area contributed by atoms with Gasteiger partial charge in [-0.2, -0.15) is 0 Å². The van der Waals surface area contributed by atoms with Gasteiger partial charge >= 0.3 is 0 Å². The van der Waals surface area contributed by atoms with E-state index in [1.165, 1.54) is 0 Å². The molecule has 13 heteroatoms. The minimum atomic E-state index is -3.24. The van der Waals surface area contributed by atoms with Crippen LogP contribution in [0, 0.1) is 0 Å². The largest absolute Gasteiger partial charge is 0.405 e. The van der Waals surface area contributed by atoms with Crippen molar-refractivity contribution in [2.24, 2.45) is 0 Å². The molecule has 0 aromatic heterocycles. The maximum atomic E-state index is 7.93. The molecule has 11 rings (SSSR count). The molecule has 0 saturated carbocycles. The van der Waals surface area contributed by atoms with E-state index in [2.05, 4.69) is 230 Å². The Kier molecular flexibility index (Phi) is 25.2. The third kappa shape index (κ3) is 17.8. The molecule has 10 unspecified atom stereocenters. The number of hydrogen-bond donors (Lipinski definition) is 0. The highest BCUT2D eigenvalue weighted by Crippen LogP contribution is 2.42. The predicted octanol–water partition coefficient (Wildman–Crippen LogP) is 14.9. The lowest BCUT2D eigenvalue weighted by Crippen LogP contribution is -2.70. The molecule has 506 valence electrons. The molecule has 2 saturated heterocycles.